The summed E-state index contributed by atoms with van der Waals surface area (Å²) in [6, 6.07) is 11.3. The third kappa shape index (κ3) is 4.10. The van der Waals surface area contributed by atoms with Gasteiger partial charge in [-0.25, -0.2) is 13.4 Å². The van der Waals surface area contributed by atoms with Crippen LogP contribution >= 0.6 is 11.3 Å². The average molecular weight is 433 g/mol. The van der Waals surface area contributed by atoms with Crippen molar-refractivity contribution in [1.29, 1.82) is 0 Å². The summed E-state index contributed by atoms with van der Waals surface area (Å²) < 4.78 is 40.0. The van der Waals surface area contributed by atoms with Crippen LogP contribution in [0, 0.1) is 13.8 Å². The Morgan fingerprint density at radius 1 is 1.10 bits per heavy atom. The predicted molar refractivity (Wildman–Crippen MR) is 114 cm³/mol. The van der Waals surface area contributed by atoms with E-state index in [1.165, 1.54) is 11.3 Å². The monoisotopic (exact) mass is 432 g/mol. The zero-order valence-electron chi connectivity index (χ0n) is 16.7. The van der Waals surface area contributed by atoms with Gasteiger partial charge < -0.3 is 9.47 Å². The van der Waals surface area contributed by atoms with Crippen LogP contribution < -0.4 is 9.47 Å². The number of benzene rings is 2. The van der Waals surface area contributed by atoms with Crippen molar-refractivity contribution >= 4 is 31.6 Å². The van der Waals surface area contributed by atoms with E-state index in [0.717, 1.165) is 27.1 Å². The Kier molecular flexibility index (Phi) is 5.50. The highest BCUT2D eigenvalue weighted by Gasteiger charge is 2.31. The van der Waals surface area contributed by atoms with Crippen LogP contribution in [-0.2, 0) is 10.0 Å². The lowest BCUT2D eigenvalue weighted by Gasteiger charge is -2.31. The third-order valence-corrected chi connectivity index (χ3v) is 8.16. The lowest BCUT2D eigenvalue weighted by Crippen LogP contribution is -2.41. The van der Waals surface area contributed by atoms with E-state index >= 15 is 0 Å². The van der Waals surface area contributed by atoms with Gasteiger partial charge in [-0.1, -0.05) is 23.5 Å². The van der Waals surface area contributed by atoms with Gasteiger partial charge in [0, 0.05) is 13.1 Å². The summed E-state index contributed by atoms with van der Waals surface area (Å²) in [5.74, 6) is 0.789. The number of hydrogen-bond acceptors (Lipinski definition) is 6. The number of sulfonamides is 1. The second kappa shape index (κ2) is 7.93. The van der Waals surface area contributed by atoms with Crippen molar-refractivity contribution in [3.63, 3.8) is 0 Å². The van der Waals surface area contributed by atoms with Gasteiger partial charge >= 0.3 is 0 Å². The van der Waals surface area contributed by atoms with E-state index in [9.17, 15) is 8.42 Å². The molecule has 2 aromatic carbocycles. The quantitative estimate of drug-likeness (QED) is 0.606. The number of fused-ring (bicyclic) bond motifs is 1. The summed E-state index contributed by atoms with van der Waals surface area (Å²) >= 11 is 1.48. The van der Waals surface area contributed by atoms with Crippen LogP contribution in [0.1, 0.15) is 24.0 Å². The molecule has 0 atom stereocenters. The molecule has 1 saturated heterocycles. The van der Waals surface area contributed by atoms with Gasteiger partial charge in [-0.15, -0.1) is 0 Å². The van der Waals surface area contributed by atoms with Crippen molar-refractivity contribution in [1.82, 2.24) is 9.29 Å². The van der Waals surface area contributed by atoms with Crippen LogP contribution in [-0.4, -0.2) is 44.0 Å². The maximum absolute atomic E-state index is 13.1. The Bertz CT molecular complexity index is 1130. The van der Waals surface area contributed by atoms with Crippen LogP contribution in [0.25, 0.3) is 10.2 Å². The maximum Gasteiger partial charge on any atom is 0.274 e. The lowest BCUT2D eigenvalue weighted by atomic mass is 10.1. The molecule has 6 nitrogen and oxygen atoms in total. The molecule has 154 valence electrons. The smallest absolute Gasteiger partial charge is 0.274 e. The largest absolute Gasteiger partial charge is 0.497 e. The number of hydrogen-bond donors (Lipinski definition) is 0. The van der Waals surface area contributed by atoms with Crippen molar-refractivity contribution in [3.8, 4) is 10.9 Å². The van der Waals surface area contributed by atoms with Gasteiger partial charge in [-0.05, 0) is 62.1 Å². The van der Waals surface area contributed by atoms with Crippen LogP contribution in [0.5, 0.6) is 10.9 Å². The molecular weight excluding hydrogens is 408 g/mol. The van der Waals surface area contributed by atoms with Crippen molar-refractivity contribution in [3.05, 3.63) is 47.5 Å². The van der Waals surface area contributed by atoms with E-state index in [0.29, 0.717) is 36.0 Å². The molecule has 2 heterocycles. The molecule has 0 bridgehead atoms. The molecule has 0 aliphatic carbocycles. The molecular formula is C21H24N2O4S2. The molecule has 1 aliphatic rings. The third-order valence-electron chi connectivity index (χ3n) is 5.21. The molecule has 0 saturated carbocycles. The molecule has 0 radical (unpaired) electrons. The van der Waals surface area contributed by atoms with Crippen LogP contribution in [0.3, 0.4) is 0 Å². The topological polar surface area (TPSA) is 68.7 Å². The zero-order chi connectivity index (χ0) is 20.6. The fraction of sp³-hybridized carbons (Fsp3) is 0.381. The molecule has 0 amide bonds. The number of ether oxygens (including phenoxy) is 2. The summed E-state index contributed by atoms with van der Waals surface area (Å²) in [4.78, 5) is 4.93. The second-order valence-corrected chi connectivity index (χ2v) is 10.2. The first-order chi connectivity index (χ1) is 13.9. The Hall–Kier alpha value is -2.16. The molecule has 1 aromatic heterocycles. The highest BCUT2D eigenvalue weighted by atomic mass is 32.2. The predicted octanol–water partition coefficient (Wildman–Crippen LogP) is 4.15. The molecule has 29 heavy (non-hydrogen) atoms. The SMILES string of the molecule is COc1ccc2nc(OC3CCN(S(=O)(=O)c4cc(C)ccc4C)CC3)sc2c1. The van der Waals surface area contributed by atoms with Gasteiger partial charge in [0.1, 0.15) is 11.9 Å². The van der Waals surface area contributed by atoms with Crippen molar-refractivity contribution in [2.75, 3.05) is 20.2 Å². The number of piperidine rings is 1. The van der Waals surface area contributed by atoms with E-state index in [1.807, 2.05) is 44.2 Å². The fourth-order valence-electron chi connectivity index (χ4n) is 3.52. The minimum Gasteiger partial charge on any atom is -0.497 e. The van der Waals surface area contributed by atoms with Gasteiger partial charge in [0.15, 0.2) is 0 Å². The Morgan fingerprint density at radius 3 is 2.59 bits per heavy atom. The zero-order valence-corrected chi connectivity index (χ0v) is 18.3. The minimum absolute atomic E-state index is 0.0393. The van der Waals surface area contributed by atoms with Crippen molar-refractivity contribution in [2.24, 2.45) is 0 Å². The van der Waals surface area contributed by atoms with Crippen LogP contribution in [0.15, 0.2) is 41.3 Å². The Morgan fingerprint density at radius 2 is 1.86 bits per heavy atom. The number of aromatic nitrogens is 1. The molecule has 8 heteroatoms. The van der Waals surface area contributed by atoms with Gasteiger partial charge in [0.2, 0.25) is 10.0 Å². The number of nitrogens with zero attached hydrogens (tertiary/aromatic N) is 2. The summed E-state index contributed by atoms with van der Waals surface area (Å²) in [6.45, 7) is 4.63. The van der Waals surface area contributed by atoms with Crippen molar-refractivity contribution in [2.45, 2.75) is 37.7 Å². The molecule has 0 N–H and O–H groups in total. The normalized spacial score (nSPS) is 16.2. The summed E-state index contributed by atoms with van der Waals surface area (Å²) in [5.41, 5.74) is 2.60. The molecule has 0 unspecified atom stereocenters. The molecule has 3 aromatic rings. The molecule has 1 aliphatic heterocycles. The van der Waals surface area contributed by atoms with Crippen LogP contribution in [0.4, 0.5) is 0 Å². The van der Waals surface area contributed by atoms with E-state index in [1.54, 1.807) is 17.5 Å². The first kappa shape index (κ1) is 20.1. The van der Waals surface area contributed by atoms with E-state index in [-0.39, 0.29) is 6.10 Å². The second-order valence-electron chi connectivity index (χ2n) is 7.30. The van der Waals surface area contributed by atoms with Gasteiger partial charge in [-0.2, -0.15) is 4.31 Å². The lowest BCUT2D eigenvalue weighted by molar-refractivity contribution is 0.135. The number of methoxy groups -OCH3 is 1. The van der Waals surface area contributed by atoms with E-state index in [4.69, 9.17) is 9.47 Å². The Labute approximate surface area is 175 Å². The highest BCUT2D eigenvalue weighted by Crippen LogP contribution is 2.33. The summed E-state index contributed by atoms with van der Waals surface area (Å²) in [5, 5.41) is 0.615. The Balaban J connectivity index is 1.43. The number of thiazole rings is 1. The molecule has 0 spiro atoms. The first-order valence-electron chi connectivity index (χ1n) is 9.55. The molecule has 4 rings (SSSR count). The standard InChI is InChI=1S/C21H24N2O4S2/c1-14-4-5-15(2)20(12-14)29(24,25)23-10-8-16(9-11-23)27-21-22-18-7-6-17(26-3)13-19(18)28-21/h4-7,12-13,16H,8-11H2,1-3H3. The number of aryl methyl sites for hydroxylation is 2. The first-order valence-corrected chi connectivity index (χ1v) is 11.8. The fourth-order valence-corrected chi connectivity index (χ4v) is 6.21. The van der Waals surface area contributed by atoms with Crippen molar-refractivity contribution < 1.29 is 17.9 Å². The van der Waals surface area contributed by atoms with Gasteiger partial charge in [0.25, 0.3) is 5.19 Å². The highest BCUT2D eigenvalue weighted by molar-refractivity contribution is 7.89. The van der Waals surface area contributed by atoms with Gasteiger partial charge in [-0.3, -0.25) is 0 Å². The number of rotatable bonds is 5. The van der Waals surface area contributed by atoms with E-state index < -0.39 is 10.0 Å². The summed E-state index contributed by atoms with van der Waals surface area (Å²) in [7, 11) is -1.85. The van der Waals surface area contributed by atoms with E-state index in [2.05, 4.69) is 4.98 Å². The minimum atomic E-state index is -3.49. The molecule has 1 fully saturated rings. The maximum atomic E-state index is 13.1. The average Bonchev–Trinajstić information content (AvgIpc) is 3.11. The summed E-state index contributed by atoms with van der Waals surface area (Å²) in [6.07, 6.45) is 1.25. The van der Waals surface area contributed by atoms with Gasteiger partial charge in [0.05, 0.1) is 22.2 Å². The van der Waals surface area contributed by atoms with Crippen LogP contribution in [0.2, 0.25) is 0 Å².